The summed E-state index contributed by atoms with van der Waals surface area (Å²) in [5.74, 6) is 0. The quantitative estimate of drug-likeness (QED) is 0.280. The van der Waals surface area contributed by atoms with Crippen LogP contribution >= 0.6 is 0 Å². The first kappa shape index (κ1) is 15.3. The summed E-state index contributed by atoms with van der Waals surface area (Å²) in [5.41, 5.74) is 9.51. The SMILES string of the molecule is Cc1cc[c-]c(-c2cc3c4c(cccc4n2)-c2ccccc2-3)c1.[Ir]. The molecular formula is C22H14IrN-. The van der Waals surface area contributed by atoms with Gasteiger partial charge in [0.15, 0.2) is 0 Å². The maximum atomic E-state index is 4.90. The summed E-state index contributed by atoms with van der Waals surface area (Å²) in [7, 11) is 0. The van der Waals surface area contributed by atoms with Gasteiger partial charge in [0.2, 0.25) is 0 Å². The van der Waals surface area contributed by atoms with Gasteiger partial charge in [0.05, 0.1) is 5.52 Å². The first-order valence-corrected chi connectivity index (χ1v) is 7.83. The van der Waals surface area contributed by atoms with Crippen LogP contribution in [0.2, 0.25) is 0 Å². The zero-order valence-corrected chi connectivity index (χ0v) is 15.5. The largest absolute Gasteiger partial charge is 0.296 e. The first-order chi connectivity index (χ1) is 11.3. The normalized spacial score (nSPS) is 11.2. The summed E-state index contributed by atoms with van der Waals surface area (Å²) in [6.07, 6.45) is 0. The summed E-state index contributed by atoms with van der Waals surface area (Å²) in [6.45, 7) is 2.10. The van der Waals surface area contributed by atoms with Gasteiger partial charge in [-0.3, -0.25) is 4.98 Å². The number of rotatable bonds is 1. The fraction of sp³-hybridized carbons (Fsp3) is 0.0455. The van der Waals surface area contributed by atoms with Gasteiger partial charge >= 0.3 is 0 Å². The Bertz CT molecular complexity index is 1080. The minimum atomic E-state index is 0. The van der Waals surface area contributed by atoms with Gasteiger partial charge in [0.1, 0.15) is 0 Å². The summed E-state index contributed by atoms with van der Waals surface area (Å²) < 4.78 is 0. The van der Waals surface area contributed by atoms with Crippen molar-refractivity contribution in [1.82, 2.24) is 4.98 Å². The number of nitrogens with zero attached hydrogens (tertiary/aromatic N) is 1. The Morgan fingerprint density at radius 2 is 1.54 bits per heavy atom. The number of aromatic nitrogens is 1. The molecule has 117 valence electrons. The van der Waals surface area contributed by atoms with Crippen LogP contribution < -0.4 is 0 Å². The third kappa shape index (κ3) is 2.15. The molecular weight excluding hydrogens is 470 g/mol. The molecule has 1 nitrogen and oxygen atoms in total. The minimum Gasteiger partial charge on any atom is -0.296 e. The van der Waals surface area contributed by atoms with Crippen LogP contribution in [-0.4, -0.2) is 4.98 Å². The average molecular weight is 485 g/mol. The van der Waals surface area contributed by atoms with Crippen molar-refractivity contribution in [2.24, 2.45) is 0 Å². The number of hydrogen-bond acceptors (Lipinski definition) is 1. The van der Waals surface area contributed by atoms with E-state index in [9.17, 15) is 0 Å². The van der Waals surface area contributed by atoms with Crippen molar-refractivity contribution in [3.8, 4) is 33.5 Å². The number of hydrogen-bond donors (Lipinski definition) is 0. The van der Waals surface area contributed by atoms with Crippen molar-refractivity contribution >= 4 is 10.9 Å². The van der Waals surface area contributed by atoms with E-state index in [2.05, 4.69) is 73.7 Å². The van der Waals surface area contributed by atoms with Crippen LogP contribution in [-0.2, 0) is 20.1 Å². The van der Waals surface area contributed by atoms with E-state index in [4.69, 9.17) is 4.98 Å². The second kappa shape index (κ2) is 5.66. The van der Waals surface area contributed by atoms with E-state index in [-0.39, 0.29) is 20.1 Å². The summed E-state index contributed by atoms with van der Waals surface area (Å²) in [4.78, 5) is 4.90. The van der Waals surface area contributed by atoms with Gasteiger partial charge in [-0.15, -0.1) is 35.4 Å². The molecule has 1 aliphatic rings. The number of benzene rings is 3. The van der Waals surface area contributed by atoms with E-state index in [1.807, 2.05) is 6.07 Å². The molecule has 0 atom stereocenters. The fourth-order valence-corrected chi connectivity index (χ4v) is 3.54. The molecule has 3 aromatic carbocycles. The van der Waals surface area contributed by atoms with E-state index in [0.717, 1.165) is 16.8 Å². The van der Waals surface area contributed by atoms with Crippen molar-refractivity contribution < 1.29 is 20.1 Å². The Kier molecular flexibility index (Phi) is 3.60. The van der Waals surface area contributed by atoms with Crippen LogP contribution in [0, 0.1) is 13.0 Å². The predicted molar refractivity (Wildman–Crippen MR) is 95.2 cm³/mol. The van der Waals surface area contributed by atoms with Crippen molar-refractivity contribution in [3.63, 3.8) is 0 Å². The van der Waals surface area contributed by atoms with Gasteiger partial charge < -0.3 is 0 Å². The molecule has 1 aromatic heterocycles. The zero-order chi connectivity index (χ0) is 15.4. The molecule has 0 saturated heterocycles. The molecule has 0 spiro atoms. The van der Waals surface area contributed by atoms with Gasteiger partial charge in [-0.05, 0) is 34.0 Å². The second-order valence-electron chi connectivity index (χ2n) is 6.08. The van der Waals surface area contributed by atoms with Crippen molar-refractivity contribution in [3.05, 3.63) is 78.4 Å². The maximum absolute atomic E-state index is 4.90. The Balaban J connectivity index is 0.00000146. The molecule has 0 fully saturated rings. The first-order valence-electron chi connectivity index (χ1n) is 7.83. The minimum absolute atomic E-state index is 0. The van der Waals surface area contributed by atoms with Crippen molar-refractivity contribution in [1.29, 1.82) is 0 Å². The molecule has 0 bridgehead atoms. The van der Waals surface area contributed by atoms with Crippen molar-refractivity contribution in [2.75, 3.05) is 0 Å². The molecule has 0 N–H and O–H groups in total. The number of pyridine rings is 1. The summed E-state index contributed by atoms with van der Waals surface area (Å²) in [5, 5.41) is 1.27. The van der Waals surface area contributed by atoms with Gasteiger partial charge in [-0.1, -0.05) is 49.4 Å². The monoisotopic (exact) mass is 485 g/mol. The van der Waals surface area contributed by atoms with Crippen molar-refractivity contribution in [2.45, 2.75) is 6.92 Å². The van der Waals surface area contributed by atoms with E-state index in [1.54, 1.807) is 0 Å². The Morgan fingerprint density at radius 1 is 0.792 bits per heavy atom. The maximum Gasteiger partial charge on any atom is 0.0607 e. The van der Waals surface area contributed by atoms with Gasteiger partial charge in [0.25, 0.3) is 0 Å². The third-order valence-corrected chi connectivity index (χ3v) is 4.57. The molecule has 0 amide bonds. The molecule has 0 aliphatic heterocycles. The topological polar surface area (TPSA) is 12.9 Å². The molecule has 2 heteroatoms. The fourth-order valence-electron chi connectivity index (χ4n) is 3.54. The van der Waals surface area contributed by atoms with E-state index < -0.39 is 0 Å². The standard InChI is InChI=1S/C22H14N.Ir/c1-14-6-4-7-15(12-14)21-13-19-17-9-3-2-8-16(17)18-10-5-11-20(23-21)22(18)19;/h2-6,8-13H,1H3;/q-1;. The van der Waals surface area contributed by atoms with Crippen LogP contribution in [0.5, 0.6) is 0 Å². The smallest absolute Gasteiger partial charge is 0.0607 e. The van der Waals surface area contributed by atoms with Crippen LogP contribution in [0.25, 0.3) is 44.4 Å². The Hall–Kier alpha value is -2.28. The Morgan fingerprint density at radius 3 is 2.33 bits per heavy atom. The average Bonchev–Trinajstić information content (AvgIpc) is 2.91. The van der Waals surface area contributed by atoms with Gasteiger partial charge in [-0.2, -0.15) is 0 Å². The number of aryl methyl sites for hydroxylation is 1. The molecule has 1 radical (unpaired) electrons. The molecule has 24 heavy (non-hydrogen) atoms. The van der Waals surface area contributed by atoms with Crippen LogP contribution in [0.15, 0.2) is 66.7 Å². The van der Waals surface area contributed by atoms with E-state index >= 15 is 0 Å². The van der Waals surface area contributed by atoms with Crippen LogP contribution in [0.1, 0.15) is 5.56 Å². The molecule has 5 rings (SSSR count). The van der Waals surface area contributed by atoms with Crippen LogP contribution in [0.3, 0.4) is 0 Å². The molecule has 4 aromatic rings. The van der Waals surface area contributed by atoms with Gasteiger partial charge in [0, 0.05) is 25.5 Å². The summed E-state index contributed by atoms with van der Waals surface area (Å²) >= 11 is 0. The third-order valence-electron chi connectivity index (χ3n) is 4.57. The predicted octanol–water partition coefficient (Wildman–Crippen LogP) is 5.66. The number of fused-ring (bicyclic) bond motifs is 3. The molecule has 1 heterocycles. The van der Waals surface area contributed by atoms with Crippen LogP contribution in [0.4, 0.5) is 0 Å². The van der Waals surface area contributed by atoms with E-state index in [0.29, 0.717) is 0 Å². The Labute approximate surface area is 154 Å². The molecule has 0 saturated carbocycles. The van der Waals surface area contributed by atoms with Gasteiger partial charge in [-0.25, -0.2) is 0 Å². The second-order valence-corrected chi connectivity index (χ2v) is 6.08. The van der Waals surface area contributed by atoms with E-state index in [1.165, 1.54) is 33.2 Å². The molecule has 1 aliphatic carbocycles. The molecule has 0 unspecified atom stereocenters. The zero-order valence-electron chi connectivity index (χ0n) is 13.1. The summed E-state index contributed by atoms with van der Waals surface area (Å²) in [6, 6.07) is 26.7.